The molecule has 1 atom stereocenters. The van der Waals surface area contributed by atoms with E-state index in [1.807, 2.05) is 29.0 Å². The van der Waals surface area contributed by atoms with Crippen LogP contribution in [0.3, 0.4) is 0 Å². The molecule has 0 bridgehead atoms. The number of benzene rings is 1. The van der Waals surface area contributed by atoms with Gasteiger partial charge in [0.15, 0.2) is 5.82 Å². The number of para-hydroxylation sites is 1. The van der Waals surface area contributed by atoms with Gasteiger partial charge in [-0.05, 0) is 37.3 Å². The lowest BCUT2D eigenvalue weighted by atomic mass is 10.0. The third kappa shape index (κ3) is 4.20. The molecule has 0 spiro atoms. The fourth-order valence-corrected chi connectivity index (χ4v) is 3.62. The summed E-state index contributed by atoms with van der Waals surface area (Å²) in [6.45, 7) is 15.0. The molecule has 0 radical (unpaired) electrons. The van der Waals surface area contributed by atoms with Gasteiger partial charge in [0.05, 0.1) is 12.6 Å². The molecule has 0 unspecified atom stereocenters. The topological polar surface area (TPSA) is 59.3 Å². The molecule has 27 heavy (non-hydrogen) atoms. The third-order valence-electron chi connectivity index (χ3n) is 4.97. The molecule has 7 nitrogen and oxygen atoms in total. The molecule has 0 aliphatic carbocycles. The van der Waals surface area contributed by atoms with Gasteiger partial charge < -0.3 is 4.74 Å². The van der Waals surface area contributed by atoms with E-state index in [1.54, 1.807) is 7.11 Å². The van der Waals surface area contributed by atoms with Crippen LogP contribution in [0, 0.1) is 0 Å². The first-order chi connectivity index (χ1) is 13.0. The number of hydrogen-bond donors (Lipinski definition) is 0. The highest BCUT2D eigenvalue weighted by Gasteiger charge is 2.34. The summed E-state index contributed by atoms with van der Waals surface area (Å²) in [5.74, 6) is 1.71. The Kier molecular flexibility index (Phi) is 5.92. The SMILES string of the molecule is C=CCN1CCN([C@H](c2ccccc2OC)c2nnnn2C(C)(C)C)CC1. The van der Waals surface area contributed by atoms with E-state index in [-0.39, 0.29) is 11.6 Å². The van der Waals surface area contributed by atoms with Gasteiger partial charge in [-0.2, -0.15) is 0 Å². The monoisotopic (exact) mass is 370 g/mol. The van der Waals surface area contributed by atoms with Gasteiger partial charge >= 0.3 is 0 Å². The molecule has 0 saturated carbocycles. The fourth-order valence-electron chi connectivity index (χ4n) is 3.62. The molecule has 1 aliphatic heterocycles. The fraction of sp³-hybridized carbons (Fsp3) is 0.550. The van der Waals surface area contributed by atoms with Crippen molar-refractivity contribution in [3.63, 3.8) is 0 Å². The average molecular weight is 371 g/mol. The molecule has 1 saturated heterocycles. The van der Waals surface area contributed by atoms with Crippen LogP contribution >= 0.6 is 0 Å². The van der Waals surface area contributed by atoms with Crippen molar-refractivity contribution in [2.45, 2.75) is 32.4 Å². The third-order valence-corrected chi connectivity index (χ3v) is 4.97. The van der Waals surface area contributed by atoms with Crippen molar-refractivity contribution in [2.24, 2.45) is 0 Å². The second-order valence-corrected chi connectivity index (χ2v) is 7.89. The number of hydrogen-bond acceptors (Lipinski definition) is 6. The average Bonchev–Trinajstić information content (AvgIpc) is 3.14. The molecule has 1 aliphatic rings. The van der Waals surface area contributed by atoms with Crippen LogP contribution in [-0.4, -0.2) is 69.8 Å². The number of aromatic nitrogens is 4. The molecule has 1 fully saturated rings. The Balaban J connectivity index is 2.01. The van der Waals surface area contributed by atoms with E-state index >= 15 is 0 Å². The highest BCUT2D eigenvalue weighted by molar-refractivity contribution is 5.39. The lowest BCUT2D eigenvalue weighted by molar-refractivity contribution is 0.109. The highest BCUT2D eigenvalue weighted by atomic mass is 16.5. The zero-order valence-corrected chi connectivity index (χ0v) is 16.8. The number of piperazine rings is 1. The van der Waals surface area contributed by atoms with Crippen LogP contribution in [0.25, 0.3) is 0 Å². The quantitative estimate of drug-likeness (QED) is 0.728. The first-order valence-corrected chi connectivity index (χ1v) is 9.44. The van der Waals surface area contributed by atoms with Crippen LogP contribution in [-0.2, 0) is 5.54 Å². The Morgan fingerprint density at radius 1 is 1.19 bits per heavy atom. The van der Waals surface area contributed by atoms with E-state index in [4.69, 9.17) is 4.74 Å². The zero-order valence-electron chi connectivity index (χ0n) is 16.8. The molecule has 2 heterocycles. The molecule has 2 aromatic rings. The maximum absolute atomic E-state index is 5.67. The summed E-state index contributed by atoms with van der Waals surface area (Å²) >= 11 is 0. The van der Waals surface area contributed by atoms with Crippen LogP contribution in [0.15, 0.2) is 36.9 Å². The van der Waals surface area contributed by atoms with Gasteiger partial charge in [0.1, 0.15) is 11.8 Å². The molecular formula is C20H30N6O. The number of rotatable bonds is 6. The van der Waals surface area contributed by atoms with Crippen molar-refractivity contribution in [1.29, 1.82) is 0 Å². The summed E-state index contributed by atoms with van der Waals surface area (Å²) in [5.41, 5.74) is 0.890. The normalized spacial score (nSPS) is 17.6. The molecule has 146 valence electrons. The highest BCUT2D eigenvalue weighted by Crippen LogP contribution is 2.35. The first kappa shape index (κ1) is 19.5. The van der Waals surface area contributed by atoms with Crippen molar-refractivity contribution >= 4 is 0 Å². The van der Waals surface area contributed by atoms with Crippen molar-refractivity contribution in [3.05, 3.63) is 48.3 Å². The number of tetrazole rings is 1. The first-order valence-electron chi connectivity index (χ1n) is 9.44. The van der Waals surface area contributed by atoms with Crippen LogP contribution in [0.1, 0.15) is 38.2 Å². The summed E-state index contributed by atoms with van der Waals surface area (Å²) in [5, 5.41) is 12.7. The van der Waals surface area contributed by atoms with Gasteiger partial charge in [-0.3, -0.25) is 9.80 Å². The van der Waals surface area contributed by atoms with Gasteiger partial charge in [0, 0.05) is 38.3 Å². The van der Waals surface area contributed by atoms with Crippen LogP contribution in [0.4, 0.5) is 0 Å². The largest absolute Gasteiger partial charge is 0.496 e. The maximum Gasteiger partial charge on any atom is 0.173 e. The van der Waals surface area contributed by atoms with Gasteiger partial charge in [-0.15, -0.1) is 11.7 Å². The van der Waals surface area contributed by atoms with E-state index < -0.39 is 0 Å². The summed E-state index contributed by atoms with van der Waals surface area (Å²) in [6, 6.07) is 8.10. The van der Waals surface area contributed by atoms with Crippen LogP contribution in [0.2, 0.25) is 0 Å². The lowest BCUT2D eigenvalue weighted by Gasteiger charge is -2.39. The number of methoxy groups -OCH3 is 1. The molecule has 0 N–H and O–H groups in total. The van der Waals surface area contributed by atoms with Crippen molar-refractivity contribution in [2.75, 3.05) is 39.8 Å². The summed E-state index contributed by atoms with van der Waals surface area (Å²) in [7, 11) is 1.71. The van der Waals surface area contributed by atoms with Crippen LogP contribution in [0.5, 0.6) is 5.75 Å². The van der Waals surface area contributed by atoms with Crippen molar-refractivity contribution in [1.82, 2.24) is 30.0 Å². The lowest BCUT2D eigenvalue weighted by Crippen LogP contribution is -2.48. The van der Waals surface area contributed by atoms with Gasteiger partial charge in [0.25, 0.3) is 0 Å². The Morgan fingerprint density at radius 3 is 2.52 bits per heavy atom. The molecule has 1 aromatic carbocycles. The Labute approximate surface area is 161 Å². The number of ether oxygens (including phenoxy) is 1. The molecule has 0 amide bonds. The molecule has 1 aromatic heterocycles. The van der Waals surface area contributed by atoms with Gasteiger partial charge in [-0.1, -0.05) is 24.3 Å². The zero-order chi connectivity index (χ0) is 19.4. The molecular weight excluding hydrogens is 340 g/mol. The Bertz CT molecular complexity index is 758. The van der Waals surface area contributed by atoms with E-state index in [9.17, 15) is 0 Å². The molecule has 3 rings (SSSR count). The van der Waals surface area contributed by atoms with E-state index in [2.05, 4.69) is 58.7 Å². The summed E-state index contributed by atoms with van der Waals surface area (Å²) in [4.78, 5) is 4.86. The maximum atomic E-state index is 5.67. The van der Waals surface area contributed by atoms with Gasteiger partial charge in [0.2, 0.25) is 0 Å². The van der Waals surface area contributed by atoms with E-state index in [1.165, 1.54) is 0 Å². The molecule has 7 heteroatoms. The predicted octanol–water partition coefficient (Wildman–Crippen LogP) is 2.33. The second-order valence-electron chi connectivity index (χ2n) is 7.89. The summed E-state index contributed by atoms with van der Waals surface area (Å²) < 4.78 is 7.60. The minimum absolute atomic E-state index is 0.0544. The predicted molar refractivity (Wildman–Crippen MR) is 106 cm³/mol. The Hall–Kier alpha value is -2.25. The minimum Gasteiger partial charge on any atom is -0.496 e. The smallest absolute Gasteiger partial charge is 0.173 e. The van der Waals surface area contributed by atoms with E-state index in [0.717, 1.165) is 49.9 Å². The van der Waals surface area contributed by atoms with E-state index in [0.29, 0.717) is 0 Å². The van der Waals surface area contributed by atoms with Crippen LogP contribution < -0.4 is 4.74 Å². The number of nitrogens with zero attached hydrogens (tertiary/aromatic N) is 6. The Morgan fingerprint density at radius 2 is 1.89 bits per heavy atom. The second kappa shape index (κ2) is 8.19. The standard InChI is InChI=1S/C20H30N6O/c1-6-11-24-12-14-25(15-13-24)18(16-9-7-8-10-17(16)27-5)19-21-22-23-26(19)20(2,3)4/h6-10,18H,1,11-15H2,2-5H3/t18-/m1/s1. The van der Waals surface area contributed by atoms with Gasteiger partial charge in [-0.25, -0.2) is 4.68 Å². The van der Waals surface area contributed by atoms with Crippen molar-refractivity contribution in [3.8, 4) is 5.75 Å². The van der Waals surface area contributed by atoms with Crippen molar-refractivity contribution < 1.29 is 4.74 Å². The minimum atomic E-state index is -0.205. The summed E-state index contributed by atoms with van der Waals surface area (Å²) in [6.07, 6.45) is 1.97.